The Kier molecular flexibility index (Phi) is 3.24. The van der Waals surface area contributed by atoms with Crippen molar-refractivity contribution in [1.82, 2.24) is 5.32 Å². The van der Waals surface area contributed by atoms with Crippen LogP contribution in [0.3, 0.4) is 0 Å². The first-order chi connectivity index (χ1) is 7.54. The van der Waals surface area contributed by atoms with E-state index in [0.717, 1.165) is 44.9 Å². The van der Waals surface area contributed by atoms with E-state index in [0.29, 0.717) is 6.54 Å². The first-order valence-corrected chi connectivity index (χ1v) is 6.55. The van der Waals surface area contributed by atoms with Crippen LogP contribution in [0.4, 0.5) is 0 Å². The fourth-order valence-electron chi connectivity index (χ4n) is 2.78. The van der Waals surface area contributed by atoms with E-state index in [1.807, 2.05) is 0 Å². The zero-order chi connectivity index (χ0) is 11.6. The smallest absolute Gasteiger partial charge is 0.226 e. The third-order valence-corrected chi connectivity index (χ3v) is 4.37. The summed E-state index contributed by atoms with van der Waals surface area (Å²) in [5.74, 6) is 0.146. The average Bonchev–Trinajstić information content (AvgIpc) is 2.24. The van der Waals surface area contributed by atoms with E-state index in [-0.39, 0.29) is 11.3 Å². The van der Waals surface area contributed by atoms with Gasteiger partial charge in [-0.1, -0.05) is 26.2 Å². The maximum Gasteiger partial charge on any atom is 0.226 e. The molecule has 0 spiro atoms. The second-order valence-electron chi connectivity index (χ2n) is 5.88. The second-order valence-corrected chi connectivity index (χ2v) is 5.88. The third-order valence-electron chi connectivity index (χ3n) is 4.37. The van der Waals surface area contributed by atoms with E-state index >= 15 is 0 Å². The highest BCUT2D eigenvalue weighted by Crippen LogP contribution is 2.36. The van der Waals surface area contributed by atoms with Crippen LogP contribution in [0.1, 0.15) is 58.3 Å². The molecule has 2 fully saturated rings. The Balaban J connectivity index is 1.82. The first-order valence-electron chi connectivity index (χ1n) is 6.55. The van der Waals surface area contributed by atoms with Crippen LogP contribution in [-0.2, 0) is 4.79 Å². The van der Waals surface area contributed by atoms with Gasteiger partial charge in [-0.25, -0.2) is 0 Å². The van der Waals surface area contributed by atoms with Crippen molar-refractivity contribution in [3.63, 3.8) is 0 Å². The number of nitrogens with one attached hydrogen (secondary N) is 1. The zero-order valence-electron chi connectivity index (χ0n) is 10.2. The fourth-order valence-corrected chi connectivity index (χ4v) is 2.78. The van der Waals surface area contributed by atoms with Crippen molar-refractivity contribution < 1.29 is 9.90 Å². The number of hydrogen-bond donors (Lipinski definition) is 2. The van der Waals surface area contributed by atoms with Crippen molar-refractivity contribution in [2.75, 3.05) is 6.54 Å². The van der Waals surface area contributed by atoms with Crippen LogP contribution in [0, 0.1) is 5.41 Å². The highest BCUT2D eigenvalue weighted by atomic mass is 16.3. The predicted octanol–water partition coefficient (Wildman–Crippen LogP) is 1.99. The van der Waals surface area contributed by atoms with Gasteiger partial charge < -0.3 is 10.4 Å². The lowest BCUT2D eigenvalue weighted by molar-refractivity contribution is -0.134. The monoisotopic (exact) mass is 225 g/mol. The van der Waals surface area contributed by atoms with Crippen LogP contribution < -0.4 is 5.32 Å². The van der Waals surface area contributed by atoms with Crippen molar-refractivity contribution in [3.05, 3.63) is 0 Å². The van der Waals surface area contributed by atoms with Gasteiger partial charge in [-0.05, 0) is 32.1 Å². The molecule has 2 rings (SSSR count). The molecule has 0 unspecified atom stereocenters. The zero-order valence-corrected chi connectivity index (χ0v) is 10.2. The van der Waals surface area contributed by atoms with E-state index in [2.05, 4.69) is 12.2 Å². The molecule has 16 heavy (non-hydrogen) atoms. The molecule has 0 aliphatic heterocycles. The molecule has 2 aliphatic rings. The molecule has 0 aromatic rings. The molecular formula is C13H23NO2. The Labute approximate surface area is 97.6 Å². The lowest BCUT2D eigenvalue weighted by Crippen LogP contribution is -2.51. The lowest BCUT2D eigenvalue weighted by atomic mass is 9.74. The molecule has 0 aromatic heterocycles. The molecule has 1 amide bonds. The van der Waals surface area contributed by atoms with Gasteiger partial charge in [0, 0.05) is 12.0 Å². The van der Waals surface area contributed by atoms with Gasteiger partial charge >= 0.3 is 0 Å². The predicted molar refractivity (Wildman–Crippen MR) is 63.0 cm³/mol. The van der Waals surface area contributed by atoms with Crippen LogP contribution in [0.25, 0.3) is 0 Å². The molecule has 3 heteroatoms. The van der Waals surface area contributed by atoms with Gasteiger partial charge in [0.25, 0.3) is 0 Å². The molecular weight excluding hydrogens is 202 g/mol. The second kappa shape index (κ2) is 4.36. The van der Waals surface area contributed by atoms with E-state index < -0.39 is 5.60 Å². The van der Waals surface area contributed by atoms with Gasteiger partial charge in [-0.2, -0.15) is 0 Å². The summed E-state index contributed by atoms with van der Waals surface area (Å²) < 4.78 is 0. The molecule has 0 saturated heterocycles. The van der Waals surface area contributed by atoms with Gasteiger partial charge in [0.2, 0.25) is 5.91 Å². The van der Waals surface area contributed by atoms with Crippen molar-refractivity contribution in [1.29, 1.82) is 0 Å². The summed E-state index contributed by atoms with van der Waals surface area (Å²) in [4.78, 5) is 12.1. The number of amides is 1. The molecule has 92 valence electrons. The fraction of sp³-hybridized carbons (Fsp3) is 0.923. The Morgan fingerprint density at radius 2 is 1.75 bits per heavy atom. The average molecular weight is 225 g/mol. The molecule has 0 atom stereocenters. The highest BCUT2D eigenvalue weighted by molar-refractivity contribution is 5.82. The molecule has 2 aliphatic carbocycles. The van der Waals surface area contributed by atoms with E-state index in [1.165, 1.54) is 6.42 Å². The first kappa shape index (κ1) is 11.9. The molecule has 0 aromatic carbocycles. The highest BCUT2D eigenvalue weighted by Gasteiger charge is 2.38. The van der Waals surface area contributed by atoms with Crippen LogP contribution in [0.15, 0.2) is 0 Å². The summed E-state index contributed by atoms with van der Waals surface area (Å²) in [6.45, 7) is 2.51. The number of carbonyl (C=O) groups is 1. The van der Waals surface area contributed by atoms with Gasteiger partial charge in [-0.15, -0.1) is 0 Å². The van der Waals surface area contributed by atoms with Crippen molar-refractivity contribution in [2.24, 2.45) is 5.41 Å². The summed E-state index contributed by atoms with van der Waals surface area (Å²) in [6, 6.07) is 0. The molecule has 0 radical (unpaired) electrons. The van der Waals surface area contributed by atoms with E-state index in [4.69, 9.17) is 0 Å². The molecule has 2 N–H and O–H groups in total. The van der Waals surface area contributed by atoms with Crippen molar-refractivity contribution >= 4 is 5.91 Å². The quantitative estimate of drug-likeness (QED) is 0.771. The van der Waals surface area contributed by atoms with Crippen LogP contribution in [-0.4, -0.2) is 23.2 Å². The lowest BCUT2D eigenvalue weighted by Gasteiger charge is -2.38. The normalized spacial score (nSPS) is 26.9. The third kappa shape index (κ3) is 2.40. The Bertz CT molecular complexity index is 265. The number of hydrogen-bond acceptors (Lipinski definition) is 2. The largest absolute Gasteiger partial charge is 0.388 e. The number of rotatable bonds is 3. The van der Waals surface area contributed by atoms with Crippen LogP contribution in [0.5, 0.6) is 0 Å². The maximum atomic E-state index is 12.1. The Morgan fingerprint density at radius 1 is 1.12 bits per heavy atom. The van der Waals surface area contributed by atoms with Gasteiger partial charge in [0.05, 0.1) is 5.60 Å². The Hall–Kier alpha value is -0.570. The minimum atomic E-state index is -0.597. The summed E-state index contributed by atoms with van der Waals surface area (Å²) >= 11 is 0. The van der Waals surface area contributed by atoms with Gasteiger partial charge in [0.15, 0.2) is 0 Å². The molecule has 3 nitrogen and oxygen atoms in total. The summed E-state index contributed by atoms with van der Waals surface area (Å²) in [6.07, 6.45) is 8.33. The standard InChI is InChI=1S/C13H23NO2/c1-12(6-3-2-4-7-12)11(15)14-10-13(16)8-5-9-13/h16H,2-10H2,1H3,(H,14,15). The van der Waals surface area contributed by atoms with Gasteiger partial charge in [0.1, 0.15) is 0 Å². The van der Waals surface area contributed by atoms with Crippen LogP contribution >= 0.6 is 0 Å². The maximum absolute atomic E-state index is 12.1. The van der Waals surface area contributed by atoms with Crippen molar-refractivity contribution in [2.45, 2.75) is 63.9 Å². The summed E-state index contributed by atoms with van der Waals surface area (Å²) in [5.41, 5.74) is -0.779. The minimum absolute atomic E-state index is 0.146. The van der Waals surface area contributed by atoms with E-state index in [9.17, 15) is 9.90 Å². The topological polar surface area (TPSA) is 49.3 Å². The number of aliphatic hydroxyl groups is 1. The van der Waals surface area contributed by atoms with Crippen LogP contribution in [0.2, 0.25) is 0 Å². The van der Waals surface area contributed by atoms with Crippen molar-refractivity contribution in [3.8, 4) is 0 Å². The SMILES string of the molecule is CC1(C(=O)NCC2(O)CCC2)CCCCC1. The van der Waals surface area contributed by atoms with E-state index in [1.54, 1.807) is 0 Å². The number of carbonyl (C=O) groups excluding carboxylic acids is 1. The molecule has 0 heterocycles. The molecule has 0 bridgehead atoms. The molecule has 2 saturated carbocycles. The minimum Gasteiger partial charge on any atom is -0.388 e. The summed E-state index contributed by atoms with van der Waals surface area (Å²) in [7, 11) is 0. The van der Waals surface area contributed by atoms with Gasteiger partial charge in [-0.3, -0.25) is 4.79 Å². The summed E-state index contributed by atoms with van der Waals surface area (Å²) in [5, 5.41) is 12.9. The Morgan fingerprint density at radius 3 is 2.25 bits per heavy atom.